The maximum Gasteiger partial charge on any atom is 0.407 e. The first-order valence-corrected chi connectivity index (χ1v) is 10.2. The Morgan fingerprint density at radius 1 is 1.30 bits per heavy atom. The second-order valence-corrected chi connectivity index (χ2v) is 7.05. The molecule has 0 spiro atoms. The van der Waals surface area contributed by atoms with Crippen LogP contribution in [0.15, 0.2) is 4.99 Å². The van der Waals surface area contributed by atoms with E-state index in [0.717, 1.165) is 44.9 Å². The van der Waals surface area contributed by atoms with Crippen molar-refractivity contribution in [3.8, 4) is 0 Å². The molecule has 1 aliphatic rings. The highest BCUT2D eigenvalue weighted by Gasteiger charge is 2.16. The van der Waals surface area contributed by atoms with Crippen LogP contribution in [0.2, 0.25) is 0 Å². The number of carbonyl (C=O) groups is 1. The van der Waals surface area contributed by atoms with E-state index in [2.05, 4.69) is 34.8 Å². The molecule has 1 saturated heterocycles. The summed E-state index contributed by atoms with van der Waals surface area (Å²) in [7, 11) is 0. The molecule has 8 nitrogen and oxygen atoms in total. The van der Waals surface area contributed by atoms with Crippen LogP contribution in [0.5, 0.6) is 0 Å². The molecule has 27 heavy (non-hydrogen) atoms. The van der Waals surface area contributed by atoms with Crippen molar-refractivity contribution in [3.05, 3.63) is 0 Å². The van der Waals surface area contributed by atoms with Crippen molar-refractivity contribution < 1.29 is 19.0 Å². The van der Waals surface area contributed by atoms with E-state index in [0.29, 0.717) is 32.3 Å². The van der Waals surface area contributed by atoms with Gasteiger partial charge in [-0.1, -0.05) is 13.8 Å². The van der Waals surface area contributed by atoms with Crippen LogP contribution in [0.1, 0.15) is 47.0 Å². The van der Waals surface area contributed by atoms with Gasteiger partial charge in [-0.2, -0.15) is 0 Å². The summed E-state index contributed by atoms with van der Waals surface area (Å²) >= 11 is 0. The molecule has 1 aliphatic heterocycles. The van der Waals surface area contributed by atoms with E-state index in [9.17, 15) is 4.79 Å². The van der Waals surface area contributed by atoms with Gasteiger partial charge in [0.05, 0.1) is 31.9 Å². The van der Waals surface area contributed by atoms with Crippen molar-refractivity contribution >= 4 is 12.1 Å². The zero-order valence-corrected chi connectivity index (χ0v) is 17.4. The van der Waals surface area contributed by atoms with Gasteiger partial charge in [-0.05, 0) is 39.0 Å². The Balaban J connectivity index is 2.38. The number of ether oxygens (including phenoxy) is 3. The smallest absolute Gasteiger partial charge is 0.407 e. The fourth-order valence-electron chi connectivity index (χ4n) is 2.80. The third-order valence-electron chi connectivity index (χ3n) is 4.02. The van der Waals surface area contributed by atoms with Crippen molar-refractivity contribution in [3.63, 3.8) is 0 Å². The standard InChI is InChI=1S/C19H38N4O4/c1-5-20-18(21-9-7-10-27-17-8-11-25-14-17)22-13-16(12-15(3)4)23-19(24)26-6-2/h15-17H,5-14H2,1-4H3,(H,23,24)(H2,20,21,22). The van der Waals surface area contributed by atoms with Gasteiger partial charge in [-0.25, -0.2) is 4.79 Å². The maximum atomic E-state index is 11.7. The summed E-state index contributed by atoms with van der Waals surface area (Å²) in [6, 6.07) is -0.0507. The van der Waals surface area contributed by atoms with Crippen molar-refractivity contribution in [1.82, 2.24) is 16.0 Å². The number of hydrogen-bond acceptors (Lipinski definition) is 5. The summed E-state index contributed by atoms with van der Waals surface area (Å²) in [5.74, 6) is 1.21. The average molecular weight is 387 g/mol. The van der Waals surface area contributed by atoms with E-state index in [1.54, 1.807) is 6.92 Å². The zero-order valence-electron chi connectivity index (χ0n) is 17.4. The fraction of sp³-hybridized carbons (Fsp3) is 0.895. The lowest BCUT2D eigenvalue weighted by atomic mass is 10.0. The van der Waals surface area contributed by atoms with Crippen LogP contribution < -0.4 is 16.0 Å². The van der Waals surface area contributed by atoms with Crippen LogP contribution in [0, 0.1) is 5.92 Å². The Hall–Kier alpha value is -1.54. The number of nitrogens with zero attached hydrogens (tertiary/aromatic N) is 1. The Bertz CT molecular complexity index is 426. The fourth-order valence-corrected chi connectivity index (χ4v) is 2.80. The van der Waals surface area contributed by atoms with Crippen LogP contribution in [0.25, 0.3) is 0 Å². The number of guanidine groups is 1. The van der Waals surface area contributed by atoms with Gasteiger partial charge < -0.3 is 30.2 Å². The average Bonchev–Trinajstić information content (AvgIpc) is 3.12. The lowest BCUT2D eigenvalue weighted by Gasteiger charge is -2.19. The number of amides is 1. The van der Waals surface area contributed by atoms with Gasteiger partial charge in [0.1, 0.15) is 0 Å². The van der Waals surface area contributed by atoms with E-state index in [-0.39, 0.29) is 18.2 Å². The minimum absolute atomic E-state index is 0.0507. The first-order chi connectivity index (χ1) is 13.0. The summed E-state index contributed by atoms with van der Waals surface area (Å²) in [6.45, 7) is 12.7. The minimum Gasteiger partial charge on any atom is -0.450 e. The molecule has 0 bridgehead atoms. The van der Waals surface area contributed by atoms with Gasteiger partial charge in [0.2, 0.25) is 0 Å². The number of rotatable bonds is 12. The summed E-state index contributed by atoms with van der Waals surface area (Å²) in [5, 5.41) is 9.45. The second-order valence-electron chi connectivity index (χ2n) is 7.05. The van der Waals surface area contributed by atoms with Crippen LogP contribution in [0.4, 0.5) is 4.79 Å². The summed E-state index contributed by atoms with van der Waals surface area (Å²) in [5.41, 5.74) is 0. The Kier molecular flexibility index (Phi) is 12.6. The summed E-state index contributed by atoms with van der Waals surface area (Å²) < 4.78 is 16.1. The predicted molar refractivity (Wildman–Crippen MR) is 107 cm³/mol. The molecule has 0 radical (unpaired) electrons. The van der Waals surface area contributed by atoms with E-state index in [1.807, 2.05) is 6.92 Å². The van der Waals surface area contributed by atoms with E-state index in [1.165, 1.54) is 0 Å². The van der Waals surface area contributed by atoms with Crippen LogP contribution in [0.3, 0.4) is 0 Å². The molecule has 1 heterocycles. The molecule has 0 aromatic rings. The molecular formula is C19H38N4O4. The highest BCUT2D eigenvalue weighted by molar-refractivity contribution is 5.79. The van der Waals surface area contributed by atoms with Crippen LogP contribution >= 0.6 is 0 Å². The number of alkyl carbamates (subject to hydrolysis) is 1. The molecule has 158 valence electrons. The van der Waals surface area contributed by atoms with Crippen molar-refractivity contribution in [2.75, 3.05) is 46.1 Å². The van der Waals surface area contributed by atoms with Gasteiger partial charge in [0.15, 0.2) is 5.96 Å². The lowest BCUT2D eigenvalue weighted by molar-refractivity contribution is 0.0420. The third kappa shape index (κ3) is 11.7. The molecule has 0 aromatic carbocycles. The highest BCUT2D eigenvalue weighted by atomic mass is 16.5. The van der Waals surface area contributed by atoms with Crippen molar-refractivity contribution in [2.45, 2.75) is 59.1 Å². The Labute approximate surface area is 163 Å². The van der Waals surface area contributed by atoms with Crippen LogP contribution in [-0.4, -0.2) is 70.3 Å². The van der Waals surface area contributed by atoms with Gasteiger partial charge in [-0.3, -0.25) is 4.99 Å². The molecule has 0 aromatic heterocycles. The lowest BCUT2D eigenvalue weighted by Crippen LogP contribution is -2.42. The number of aliphatic imine (C=N–C) groups is 1. The molecule has 8 heteroatoms. The van der Waals surface area contributed by atoms with Gasteiger partial charge in [0, 0.05) is 26.3 Å². The van der Waals surface area contributed by atoms with E-state index < -0.39 is 0 Å². The molecule has 1 amide bonds. The number of nitrogens with one attached hydrogen (secondary N) is 3. The molecule has 0 aliphatic carbocycles. The normalized spacial score (nSPS) is 18.4. The van der Waals surface area contributed by atoms with Gasteiger partial charge in [-0.15, -0.1) is 0 Å². The number of hydrogen-bond donors (Lipinski definition) is 3. The molecule has 2 unspecified atom stereocenters. The van der Waals surface area contributed by atoms with Gasteiger partial charge in [0.25, 0.3) is 0 Å². The van der Waals surface area contributed by atoms with E-state index >= 15 is 0 Å². The topological polar surface area (TPSA) is 93.2 Å². The molecule has 3 N–H and O–H groups in total. The molecular weight excluding hydrogens is 348 g/mol. The molecule has 0 saturated carbocycles. The Morgan fingerprint density at radius 3 is 2.74 bits per heavy atom. The summed E-state index contributed by atoms with van der Waals surface area (Å²) in [6.07, 6.45) is 2.60. The first kappa shape index (κ1) is 23.5. The van der Waals surface area contributed by atoms with Gasteiger partial charge >= 0.3 is 6.09 Å². The molecule has 2 atom stereocenters. The highest BCUT2D eigenvalue weighted by Crippen LogP contribution is 2.08. The summed E-state index contributed by atoms with van der Waals surface area (Å²) in [4.78, 5) is 16.3. The first-order valence-electron chi connectivity index (χ1n) is 10.2. The zero-order chi connectivity index (χ0) is 19.9. The maximum absolute atomic E-state index is 11.7. The molecule has 1 rings (SSSR count). The van der Waals surface area contributed by atoms with E-state index in [4.69, 9.17) is 14.2 Å². The van der Waals surface area contributed by atoms with Crippen LogP contribution in [-0.2, 0) is 14.2 Å². The van der Waals surface area contributed by atoms with Crippen molar-refractivity contribution in [2.24, 2.45) is 10.9 Å². The largest absolute Gasteiger partial charge is 0.450 e. The Morgan fingerprint density at radius 2 is 2.11 bits per heavy atom. The van der Waals surface area contributed by atoms with Crippen molar-refractivity contribution in [1.29, 1.82) is 0 Å². The monoisotopic (exact) mass is 386 g/mol. The molecule has 1 fully saturated rings. The SMILES string of the molecule is CCNC(=NCC(CC(C)C)NC(=O)OCC)NCCCOC1CCOC1. The quantitative estimate of drug-likeness (QED) is 0.269. The number of carbonyl (C=O) groups excluding carboxylic acids is 1. The minimum atomic E-state index is -0.385. The second kappa shape index (κ2) is 14.5. The third-order valence-corrected chi connectivity index (χ3v) is 4.02. The predicted octanol–water partition coefficient (Wildman–Crippen LogP) is 1.90.